The van der Waals surface area contributed by atoms with Gasteiger partial charge >= 0.3 is 0 Å². The fourth-order valence-electron chi connectivity index (χ4n) is 2.35. The van der Waals surface area contributed by atoms with Crippen molar-refractivity contribution in [2.75, 3.05) is 19.0 Å². The summed E-state index contributed by atoms with van der Waals surface area (Å²) >= 11 is 1.23. The van der Waals surface area contributed by atoms with E-state index in [-0.39, 0.29) is 18.2 Å². The van der Waals surface area contributed by atoms with E-state index in [1.54, 1.807) is 41.5 Å². The minimum Gasteiger partial charge on any atom is -0.494 e. The number of nitrogens with one attached hydrogen (secondary N) is 2. The molecule has 27 heavy (non-hydrogen) atoms. The van der Waals surface area contributed by atoms with Gasteiger partial charge in [0, 0.05) is 30.4 Å². The van der Waals surface area contributed by atoms with Crippen LogP contribution in [0, 0.1) is 5.82 Å². The Morgan fingerprint density at radius 3 is 2.85 bits per heavy atom. The Balaban J connectivity index is 1.58. The summed E-state index contributed by atoms with van der Waals surface area (Å²) < 4.78 is 20.2. The number of amides is 2. The Labute approximate surface area is 158 Å². The van der Waals surface area contributed by atoms with Crippen LogP contribution in [0.5, 0.6) is 5.75 Å². The number of nitrogens with zero attached hydrogens (tertiary/aromatic N) is 2. The first kappa shape index (κ1) is 18.6. The number of ether oxygens (including phenoxy) is 1. The molecule has 0 atom stereocenters. The number of halogens is 1. The number of benzene rings is 1. The number of anilines is 1. The number of hydrogen-bond donors (Lipinski definition) is 2. The Hall–Kier alpha value is -3.20. The highest BCUT2D eigenvalue weighted by molar-refractivity contribution is 7.14. The number of hydrogen-bond acceptors (Lipinski definition) is 5. The summed E-state index contributed by atoms with van der Waals surface area (Å²) in [7, 11) is 3.19. The van der Waals surface area contributed by atoms with Gasteiger partial charge in [0.1, 0.15) is 0 Å². The smallest absolute Gasteiger partial charge is 0.253 e. The van der Waals surface area contributed by atoms with Gasteiger partial charge in [-0.05, 0) is 24.3 Å². The van der Waals surface area contributed by atoms with E-state index in [1.165, 1.54) is 30.6 Å². The average Bonchev–Trinajstić information content (AvgIpc) is 3.29. The van der Waals surface area contributed by atoms with Gasteiger partial charge in [-0.25, -0.2) is 9.37 Å². The molecule has 2 N–H and O–H groups in total. The second-order valence-corrected chi connectivity index (χ2v) is 6.54. The summed E-state index contributed by atoms with van der Waals surface area (Å²) in [5.41, 5.74) is 1.73. The molecule has 0 aliphatic carbocycles. The number of rotatable bonds is 6. The van der Waals surface area contributed by atoms with Gasteiger partial charge in [0.05, 0.1) is 24.9 Å². The highest BCUT2D eigenvalue weighted by Gasteiger charge is 2.12. The summed E-state index contributed by atoms with van der Waals surface area (Å²) in [6.07, 6.45) is 3.41. The maximum Gasteiger partial charge on any atom is 0.253 e. The summed E-state index contributed by atoms with van der Waals surface area (Å²) in [4.78, 5) is 28.2. The summed E-state index contributed by atoms with van der Waals surface area (Å²) in [5, 5.41) is 7.30. The Morgan fingerprint density at radius 1 is 1.33 bits per heavy atom. The number of carbonyl (C=O) groups is 2. The third kappa shape index (κ3) is 4.50. The van der Waals surface area contributed by atoms with Gasteiger partial charge in [-0.15, -0.1) is 11.3 Å². The summed E-state index contributed by atoms with van der Waals surface area (Å²) in [6.45, 7) is -0.174. The molecule has 1 aromatic carbocycles. The molecule has 0 saturated carbocycles. The van der Waals surface area contributed by atoms with Crippen molar-refractivity contribution in [1.29, 1.82) is 0 Å². The fourth-order valence-corrected chi connectivity index (χ4v) is 3.08. The molecule has 140 valence electrons. The fraction of sp³-hybridized carbons (Fsp3) is 0.167. The van der Waals surface area contributed by atoms with Crippen LogP contribution in [-0.2, 0) is 11.8 Å². The van der Waals surface area contributed by atoms with E-state index in [0.29, 0.717) is 22.0 Å². The molecule has 0 bridgehead atoms. The van der Waals surface area contributed by atoms with E-state index in [4.69, 9.17) is 4.74 Å². The molecule has 2 amide bonds. The molecular formula is C18H17FN4O3S. The van der Waals surface area contributed by atoms with E-state index in [0.717, 1.165) is 0 Å². The molecular weight excluding hydrogens is 371 g/mol. The molecule has 2 heterocycles. The predicted octanol–water partition coefficient (Wildman–Crippen LogP) is 2.66. The maximum absolute atomic E-state index is 13.5. The second-order valence-electron chi connectivity index (χ2n) is 5.68. The van der Waals surface area contributed by atoms with Gasteiger partial charge in [-0.2, -0.15) is 0 Å². The zero-order valence-corrected chi connectivity index (χ0v) is 15.5. The number of methoxy groups -OCH3 is 1. The van der Waals surface area contributed by atoms with Crippen LogP contribution in [0.1, 0.15) is 10.4 Å². The largest absolute Gasteiger partial charge is 0.494 e. The first-order chi connectivity index (χ1) is 13.0. The lowest BCUT2D eigenvalue weighted by Gasteiger charge is -2.04. The van der Waals surface area contributed by atoms with Gasteiger partial charge in [0.25, 0.3) is 5.91 Å². The van der Waals surface area contributed by atoms with Crippen LogP contribution in [0.25, 0.3) is 11.3 Å². The lowest BCUT2D eigenvalue weighted by molar-refractivity contribution is -0.115. The lowest BCUT2D eigenvalue weighted by atomic mass is 10.1. The van der Waals surface area contributed by atoms with Crippen molar-refractivity contribution < 1.29 is 18.7 Å². The number of carbonyl (C=O) groups excluding carboxylic acids is 2. The number of aryl methyl sites for hydroxylation is 1. The van der Waals surface area contributed by atoms with E-state index >= 15 is 0 Å². The maximum atomic E-state index is 13.5. The summed E-state index contributed by atoms with van der Waals surface area (Å²) in [6, 6.07) is 6.08. The highest BCUT2D eigenvalue weighted by atomic mass is 32.1. The first-order valence-electron chi connectivity index (χ1n) is 7.95. The Bertz CT molecular complexity index is 983. The first-order valence-corrected chi connectivity index (χ1v) is 8.83. The molecule has 0 radical (unpaired) electrons. The number of aromatic nitrogens is 2. The van der Waals surface area contributed by atoms with Gasteiger partial charge in [-0.3, -0.25) is 9.59 Å². The zero-order valence-electron chi connectivity index (χ0n) is 14.7. The van der Waals surface area contributed by atoms with Gasteiger partial charge in [0.2, 0.25) is 5.91 Å². The van der Waals surface area contributed by atoms with Gasteiger partial charge in [-0.1, -0.05) is 0 Å². The second kappa shape index (κ2) is 8.00. The van der Waals surface area contributed by atoms with Gasteiger partial charge < -0.3 is 19.9 Å². The van der Waals surface area contributed by atoms with Crippen molar-refractivity contribution in [2.45, 2.75) is 0 Å². The third-order valence-electron chi connectivity index (χ3n) is 3.70. The normalized spacial score (nSPS) is 10.5. The molecule has 0 spiro atoms. The average molecular weight is 388 g/mol. The molecule has 2 aromatic heterocycles. The van der Waals surface area contributed by atoms with Crippen LogP contribution < -0.4 is 15.4 Å². The lowest BCUT2D eigenvalue weighted by Crippen LogP contribution is -2.32. The monoisotopic (exact) mass is 388 g/mol. The SMILES string of the molecule is COc1cc(-c2csc(NC(=O)CNC(=O)c3ccn(C)c3)n2)ccc1F. The van der Waals surface area contributed by atoms with Crippen molar-refractivity contribution in [3.63, 3.8) is 0 Å². The van der Waals surface area contributed by atoms with Crippen molar-refractivity contribution in [1.82, 2.24) is 14.9 Å². The number of thiazole rings is 1. The van der Waals surface area contributed by atoms with Crippen molar-refractivity contribution in [3.8, 4) is 17.0 Å². The molecule has 3 aromatic rings. The molecule has 0 unspecified atom stereocenters. The molecule has 0 fully saturated rings. The Kier molecular flexibility index (Phi) is 5.51. The van der Waals surface area contributed by atoms with Gasteiger partial charge in [0.15, 0.2) is 16.7 Å². The third-order valence-corrected chi connectivity index (χ3v) is 4.46. The van der Waals surface area contributed by atoms with E-state index < -0.39 is 11.7 Å². The van der Waals surface area contributed by atoms with Crippen molar-refractivity contribution in [3.05, 3.63) is 53.4 Å². The van der Waals surface area contributed by atoms with Crippen molar-refractivity contribution >= 4 is 28.3 Å². The topological polar surface area (TPSA) is 85.3 Å². The van der Waals surface area contributed by atoms with E-state index in [1.807, 2.05) is 0 Å². The minimum absolute atomic E-state index is 0.120. The Morgan fingerprint density at radius 2 is 2.15 bits per heavy atom. The summed E-state index contributed by atoms with van der Waals surface area (Å²) in [5.74, 6) is -1.06. The van der Waals surface area contributed by atoms with Crippen LogP contribution in [0.15, 0.2) is 42.0 Å². The van der Waals surface area contributed by atoms with Crippen molar-refractivity contribution in [2.24, 2.45) is 7.05 Å². The molecule has 7 nitrogen and oxygen atoms in total. The van der Waals surface area contributed by atoms with Crippen LogP contribution in [-0.4, -0.2) is 35.0 Å². The molecule has 0 aliphatic rings. The van der Waals surface area contributed by atoms with E-state index in [2.05, 4.69) is 15.6 Å². The van der Waals surface area contributed by atoms with Crippen LogP contribution in [0.3, 0.4) is 0 Å². The minimum atomic E-state index is -0.459. The predicted molar refractivity (Wildman–Crippen MR) is 100 cm³/mol. The highest BCUT2D eigenvalue weighted by Crippen LogP contribution is 2.28. The molecule has 3 rings (SSSR count). The molecule has 9 heteroatoms. The standard InChI is InChI=1S/C18H17FN4O3S/c1-23-6-5-12(9-23)17(25)20-8-16(24)22-18-21-14(10-27-18)11-3-4-13(19)15(7-11)26-2/h3-7,9-10H,8H2,1-2H3,(H,20,25)(H,21,22,24). The van der Waals surface area contributed by atoms with E-state index in [9.17, 15) is 14.0 Å². The van der Waals surface area contributed by atoms with Crippen LogP contribution >= 0.6 is 11.3 Å². The van der Waals surface area contributed by atoms with Crippen LogP contribution in [0.4, 0.5) is 9.52 Å². The molecule has 0 aliphatic heterocycles. The quantitative estimate of drug-likeness (QED) is 0.680. The van der Waals surface area contributed by atoms with Crippen LogP contribution in [0.2, 0.25) is 0 Å². The molecule has 0 saturated heterocycles. The zero-order chi connectivity index (χ0) is 19.4.